The van der Waals surface area contributed by atoms with E-state index in [1.165, 1.54) is 12.3 Å². The zero-order valence-corrected chi connectivity index (χ0v) is 6.94. The first-order valence-electron chi connectivity index (χ1n) is 3.62. The van der Waals surface area contributed by atoms with E-state index in [9.17, 15) is 4.39 Å². The van der Waals surface area contributed by atoms with Crippen molar-refractivity contribution in [2.45, 2.75) is 6.92 Å². The van der Waals surface area contributed by atoms with Crippen LogP contribution < -0.4 is 4.74 Å². The molecule has 68 valence electrons. The number of halogens is 1. The van der Waals surface area contributed by atoms with Gasteiger partial charge in [0.1, 0.15) is 0 Å². The Morgan fingerprint density at radius 2 is 2.54 bits per heavy atom. The second-order valence-corrected chi connectivity index (χ2v) is 2.07. The van der Waals surface area contributed by atoms with Gasteiger partial charge >= 0.3 is 0 Å². The molecule has 0 atom stereocenters. The third-order valence-corrected chi connectivity index (χ3v) is 1.28. The number of rotatable bonds is 3. The van der Waals surface area contributed by atoms with Gasteiger partial charge in [0.15, 0.2) is 5.75 Å². The van der Waals surface area contributed by atoms with Gasteiger partial charge in [-0.25, -0.2) is 4.98 Å². The van der Waals surface area contributed by atoms with Gasteiger partial charge in [-0.3, -0.25) is 0 Å². The lowest BCUT2D eigenvalue weighted by Crippen LogP contribution is -1.96. The van der Waals surface area contributed by atoms with Crippen LogP contribution in [-0.2, 0) is 0 Å². The van der Waals surface area contributed by atoms with Crippen molar-refractivity contribution in [3.8, 4) is 5.75 Å². The maximum Gasteiger partial charge on any atom is 0.255 e. The molecular formula is C7H7FN4O. The summed E-state index contributed by atoms with van der Waals surface area (Å²) in [5.74, 6) is -0.880. The van der Waals surface area contributed by atoms with Gasteiger partial charge in [-0.05, 0) is 18.5 Å². The van der Waals surface area contributed by atoms with Crippen LogP contribution in [0.3, 0.4) is 0 Å². The molecule has 1 aromatic rings. The average Bonchev–Trinajstić information content (AvgIpc) is 2.11. The number of pyridine rings is 1. The topological polar surface area (TPSA) is 70.9 Å². The maximum absolute atomic E-state index is 12.9. The van der Waals surface area contributed by atoms with Gasteiger partial charge in [0.25, 0.3) is 5.95 Å². The van der Waals surface area contributed by atoms with Crippen molar-refractivity contribution in [1.29, 1.82) is 0 Å². The Morgan fingerprint density at radius 3 is 3.15 bits per heavy atom. The summed E-state index contributed by atoms with van der Waals surface area (Å²) in [4.78, 5) is 5.91. The summed E-state index contributed by atoms with van der Waals surface area (Å²) in [5.41, 5.74) is 8.27. The molecule has 13 heavy (non-hydrogen) atoms. The normalized spacial score (nSPS) is 9.08. The van der Waals surface area contributed by atoms with E-state index in [1.807, 2.05) is 0 Å². The summed E-state index contributed by atoms with van der Waals surface area (Å²) in [5, 5.41) is 3.26. The van der Waals surface area contributed by atoms with Crippen LogP contribution in [0.15, 0.2) is 17.4 Å². The molecule has 0 aliphatic rings. The van der Waals surface area contributed by atoms with E-state index in [2.05, 4.69) is 15.0 Å². The van der Waals surface area contributed by atoms with Gasteiger partial charge in [0, 0.05) is 11.1 Å². The molecule has 0 amide bonds. The Morgan fingerprint density at radius 1 is 1.77 bits per heavy atom. The first-order valence-corrected chi connectivity index (χ1v) is 3.62. The highest BCUT2D eigenvalue weighted by atomic mass is 19.1. The molecule has 0 radical (unpaired) electrons. The number of nitrogens with zero attached hydrogens (tertiary/aromatic N) is 4. The van der Waals surface area contributed by atoms with Gasteiger partial charge in [0.05, 0.1) is 12.3 Å². The largest absolute Gasteiger partial charge is 0.489 e. The number of hydrogen-bond acceptors (Lipinski definition) is 3. The van der Waals surface area contributed by atoms with Crippen molar-refractivity contribution in [2.75, 3.05) is 6.61 Å². The zero-order chi connectivity index (χ0) is 9.68. The van der Waals surface area contributed by atoms with E-state index in [1.54, 1.807) is 6.92 Å². The highest BCUT2D eigenvalue weighted by molar-refractivity contribution is 5.49. The Labute approximate surface area is 73.8 Å². The Balaban J connectivity index is 3.16. The van der Waals surface area contributed by atoms with Crippen LogP contribution in [-0.4, -0.2) is 11.6 Å². The van der Waals surface area contributed by atoms with Crippen LogP contribution >= 0.6 is 0 Å². The molecular weight excluding hydrogens is 175 g/mol. The van der Waals surface area contributed by atoms with Crippen molar-refractivity contribution in [3.63, 3.8) is 0 Å². The zero-order valence-electron chi connectivity index (χ0n) is 6.94. The molecule has 0 bridgehead atoms. The van der Waals surface area contributed by atoms with Gasteiger partial charge in [-0.2, -0.15) is 4.39 Å². The van der Waals surface area contributed by atoms with E-state index < -0.39 is 5.95 Å². The third-order valence-electron chi connectivity index (χ3n) is 1.28. The lowest BCUT2D eigenvalue weighted by molar-refractivity contribution is 0.317. The van der Waals surface area contributed by atoms with Crippen LogP contribution in [0.25, 0.3) is 10.4 Å². The lowest BCUT2D eigenvalue weighted by Gasteiger charge is -2.05. The van der Waals surface area contributed by atoms with Crippen LogP contribution in [0.1, 0.15) is 6.92 Å². The summed E-state index contributed by atoms with van der Waals surface area (Å²) in [6, 6.07) is 1.38. The van der Waals surface area contributed by atoms with Crippen molar-refractivity contribution >= 4 is 5.69 Å². The van der Waals surface area contributed by atoms with Crippen LogP contribution in [0.5, 0.6) is 5.75 Å². The molecule has 0 aromatic carbocycles. The molecule has 1 aromatic heterocycles. The molecule has 1 rings (SSSR count). The number of azide groups is 1. The van der Waals surface area contributed by atoms with Crippen molar-refractivity contribution in [3.05, 3.63) is 28.7 Å². The summed E-state index contributed by atoms with van der Waals surface area (Å²) in [6.07, 6.45) is 1.21. The quantitative estimate of drug-likeness (QED) is 0.312. The predicted octanol–water partition coefficient (Wildman–Crippen LogP) is 2.56. The highest BCUT2D eigenvalue weighted by Crippen LogP contribution is 2.28. The number of ether oxygens (including phenoxy) is 1. The molecule has 0 spiro atoms. The van der Waals surface area contributed by atoms with Gasteiger partial charge in [-0.15, -0.1) is 0 Å². The molecule has 0 fully saturated rings. The second kappa shape index (κ2) is 4.27. The molecule has 6 heteroatoms. The fourth-order valence-corrected chi connectivity index (χ4v) is 0.818. The van der Waals surface area contributed by atoms with Crippen LogP contribution in [0.4, 0.5) is 10.1 Å². The molecule has 0 aliphatic carbocycles. The Kier molecular flexibility index (Phi) is 3.05. The van der Waals surface area contributed by atoms with Crippen molar-refractivity contribution < 1.29 is 9.13 Å². The molecule has 0 unspecified atom stereocenters. The minimum absolute atomic E-state index is 0.108. The minimum atomic E-state index is -0.772. The maximum atomic E-state index is 12.9. The van der Waals surface area contributed by atoms with Gasteiger partial charge < -0.3 is 4.74 Å². The fraction of sp³-hybridized carbons (Fsp3) is 0.286. The summed E-state index contributed by atoms with van der Waals surface area (Å²) >= 11 is 0. The van der Waals surface area contributed by atoms with Crippen molar-refractivity contribution in [2.24, 2.45) is 5.11 Å². The summed E-state index contributed by atoms with van der Waals surface area (Å²) < 4.78 is 17.9. The fourth-order valence-electron chi connectivity index (χ4n) is 0.818. The molecule has 5 nitrogen and oxygen atoms in total. The molecule has 0 saturated carbocycles. The Bertz CT molecular complexity index is 348. The second-order valence-electron chi connectivity index (χ2n) is 2.07. The number of hydrogen-bond donors (Lipinski definition) is 0. The van der Waals surface area contributed by atoms with Gasteiger partial charge in [0.2, 0.25) is 0 Å². The van der Waals surface area contributed by atoms with Crippen LogP contribution in [0.2, 0.25) is 0 Å². The van der Waals surface area contributed by atoms with E-state index in [-0.39, 0.29) is 18.0 Å². The molecule has 0 N–H and O–H groups in total. The van der Waals surface area contributed by atoms with Gasteiger partial charge in [-0.1, -0.05) is 5.11 Å². The van der Waals surface area contributed by atoms with Crippen LogP contribution in [0, 0.1) is 5.95 Å². The minimum Gasteiger partial charge on any atom is -0.489 e. The SMILES string of the molecule is CCOc1c(N=[N+]=[N-])ccnc1F. The number of aromatic nitrogens is 1. The Hall–Kier alpha value is -1.81. The van der Waals surface area contributed by atoms with E-state index in [0.717, 1.165) is 0 Å². The standard InChI is InChI=1S/C7H7FN4O/c1-2-13-6-5(11-12-9)3-4-10-7(6)8/h3-4H,2H2,1H3. The first-order chi connectivity index (χ1) is 6.29. The molecule has 0 saturated heterocycles. The molecule has 0 aliphatic heterocycles. The van der Waals surface area contributed by atoms with E-state index >= 15 is 0 Å². The monoisotopic (exact) mass is 182 g/mol. The first kappa shape index (κ1) is 9.28. The summed E-state index contributed by atoms with van der Waals surface area (Å²) in [6.45, 7) is 1.99. The smallest absolute Gasteiger partial charge is 0.255 e. The van der Waals surface area contributed by atoms with E-state index in [0.29, 0.717) is 0 Å². The van der Waals surface area contributed by atoms with Crippen molar-refractivity contribution in [1.82, 2.24) is 4.98 Å². The summed E-state index contributed by atoms with van der Waals surface area (Å²) in [7, 11) is 0. The molecule has 1 heterocycles. The predicted molar refractivity (Wildman–Crippen MR) is 44.2 cm³/mol. The third kappa shape index (κ3) is 2.07. The lowest BCUT2D eigenvalue weighted by atomic mass is 10.4. The average molecular weight is 182 g/mol. The highest BCUT2D eigenvalue weighted by Gasteiger charge is 2.08. The van der Waals surface area contributed by atoms with E-state index in [4.69, 9.17) is 10.3 Å².